The summed E-state index contributed by atoms with van der Waals surface area (Å²) >= 11 is 19.3. The molecule has 0 bridgehead atoms. The van der Waals surface area contributed by atoms with Crippen molar-refractivity contribution >= 4 is 57.6 Å². The summed E-state index contributed by atoms with van der Waals surface area (Å²) in [6.07, 6.45) is 1.02. The Bertz CT molecular complexity index is 2010. The van der Waals surface area contributed by atoms with E-state index in [1.54, 1.807) is 33.0 Å². The number of nitriles is 1. The topological polar surface area (TPSA) is 139 Å². The number of hydrogen-bond acceptors (Lipinski definition) is 8. The molecule has 5 rings (SSSR count). The lowest BCUT2D eigenvalue weighted by atomic mass is 9.94. The van der Waals surface area contributed by atoms with E-state index in [1.807, 2.05) is 20.8 Å². The molecule has 0 radical (unpaired) electrons. The van der Waals surface area contributed by atoms with Crippen LogP contribution in [0, 0.1) is 24.1 Å². The number of pyridine rings is 3. The predicted octanol–water partition coefficient (Wildman–Crippen LogP) is 7.31. The second-order valence-corrected chi connectivity index (χ2v) is 13.8. The molecule has 4 aromatic rings. The molecule has 1 amide bonds. The van der Waals surface area contributed by atoms with Gasteiger partial charge in [-0.15, -0.1) is 0 Å². The van der Waals surface area contributed by atoms with Crippen LogP contribution in [0.2, 0.25) is 15.1 Å². The van der Waals surface area contributed by atoms with Gasteiger partial charge in [-0.2, -0.15) is 5.26 Å². The van der Waals surface area contributed by atoms with Crippen molar-refractivity contribution in [2.45, 2.75) is 59.1 Å². The van der Waals surface area contributed by atoms with Crippen LogP contribution in [0.15, 0.2) is 29.2 Å². The number of nitrogens with one attached hydrogen (secondary N) is 1. The Morgan fingerprint density at radius 3 is 2.55 bits per heavy atom. The lowest BCUT2D eigenvalue weighted by molar-refractivity contribution is 0.0119. The average molecular weight is 701 g/mol. The fraction of sp³-hybridized carbons (Fsp3) is 0.364. The molecule has 4 heterocycles. The second kappa shape index (κ2) is 12.9. The monoisotopic (exact) mass is 699 g/mol. The Labute approximate surface area is 286 Å². The van der Waals surface area contributed by atoms with Crippen LogP contribution in [0.5, 0.6) is 0 Å². The van der Waals surface area contributed by atoms with E-state index >= 15 is 4.39 Å². The Kier molecular flexibility index (Phi) is 9.45. The van der Waals surface area contributed by atoms with Crippen molar-refractivity contribution in [2.75, 3.05) is 25.4 Å². The molecule has 1 atom stereocenters. The number of halogens is 4. The third-order valence-corrected chi connectivity index (χ3v) is 8.71. The number of anilines is 1. The van der Waals surface area contributed by atoms with Gasteiger partial charge in [0.25, 0.3) is 5.56 Å². The number of amides is 1. The van der Waals surface area contributed by atoms with Crippen LogP contribution < -0.4 is 16.6 Å². The van der Waals surface area contributed by atoms with Gasteiger partial charge in [-0.05, 0) is 57.4 Å². The number of fused-ring (bicyclic) bond motifs is 1. The zero-order chi connectivity index (χ0) is 34.5. The quantitative estimate of drug-likeness (QED) is 0.167. The zero-order valence-corrected chi connectivity index (χ0v) is 28.9. The number of nitrogens with zero attached hydrogens (tertiary/aromatic N) is 5. The van der Waals surface area contributed by atoms with Crippen molar-refractivity contribution in [3.8, 4) is 23.0 Å². The van der Waals surface area contributed by atoms with E-state index < -0.39 is 29.1 Å². The first-order chi connectivity index (χ1) is 22.1. The molecule has 1 unspecified atom stereocenters. The molecule has 0 saturated carbocycles. The highest BCUT2D eigenvalue weighted by atomic mass is 35.5. The number of aryl methyl sites for hydroxylation is 1. The minimum Gasteiger partial charge on any atom is -0.444 e. The summed E-state index contributed by atoms with van der Waals surface area (Å²) in [6.45, 7) is 11.8. The highest BCUT2D eigenvalue weighted by Gasteiger charge is 2.37. The van der Waals surface area contributed by atoms with E-state index in [4.69, 9.17) is 50.3 Å². The van der Waals surface area contributed by atoms with Crippen molar-refractivity contribution in [1.82, 2.24) is 24.8 Å². The first-order valence-electron chi connectivity index (χ1n) is 14.9. The first kappa shape index (κ1) is 34.4. The van der Waals surface area contributed by atoms with E-state index in [0.717, 1.165) is 0 Å². The van der Waals surface area contributed by atoms with Gasteiger partial charge >= 0.3 is 6.09 Å². The van der Waals surface area contributed by atoms with Gasteiger partial charge in [0.1, 0.15) is 22.9 Å². The van der Waals surface area contributed by atoms with E-state index in [9.17, 15) is 14.9 Å². The van der Waals surface area contributed by atoms with Crippen LogP contribution in [-0.2, 0) is 4.74 Å². The van der Waals surface area contributed by atoms with E-state index in [1.165, 1.54) is 21.6 Å². The minimum atomic E-state index is -0.905. The van der Waals surface area contributed by atoms with E-state index in [-0.39, 0.29) is 73.2 Å². The van der Waals surface area contributed by atoms with Gasteiger partial charge in [-0.25, -0.2) is 14.2 Å². The maximum atomic E-state index is 15.7. The Balaban J connectivity index is 1.97. The SMILES string of the molecule is Cc1ccnc(C(C)C)c1-n1c(=O)c(C#N)c(C2CNCCN2C(=O)OC(C)(C)C)c2cc(Cl)c(-c3c(N)c(Cl)cc(Cl)c3F)nc21. The normalized spacial score (nSPS) is 15.3. The molecule has 1 aliphatic heterocycles. The summed E-state index contributed by atoms with van der Waals surface area (Å²) in [6, 6.07) is 5.66. The molecule has 47 heavy (non-hydrogen) atoms. The van der Waals surface area contributed by atoms with Crippen molar-refractivity contribution in [1.29, 1.82) is 5.26 Å². The average Bonchev–Trinajstić information content (AvgIpc) is 2.99. The Morgan fingerprint density at radius 1 is 1.21 bits per heavy atom. The lowest BCUT2D eigenvalue weighted by Gasteiger charge is -2.38. The molecule has 1 saturated heterocycles. The van der Waals surface area contributed by atoms with Crippen LogP contribution in [0.1, 0.15) is 69.0 Å². The molecule has 246 valence electrons. The number of aromatic nitrogens is 3. The number of carbonyl (C=O) groups excluding carboxylic acids is 1. The molecule has 0 aliphatic carbocycles. The maximum absolute atomic E-state index is 15.7. The molecule has 3 N–H and O–H groups in total. The first-order valence-corrected chi connectivity index (χ1v) is 16.0. The van der Waals surface area contributed by atoms with Crippen LogP contribution in [0.3, 0.4) is 0 Å². The second-order valence-electron chi connectivity index (χ2n) is 12.6. The van der Waals surface area contributed by atoms with E-state index in [2.05, 4.69) is 16.4 Å². The van der Waals surface area contributed by atoms with Crippen molar-refractivity contribution in [2.24, 2.45) is 0 Å². The van der Waals surface area contributed by atoms with E-state index in [0.29, 0.717) is 23.5 Å². The fourth-order valence-electron chi connectivity index (χ4n) is 5.77. The van der Waals surface area contributed by atoms with Gasteiger partial charge in [0.05, 0.1) is 49.4 Å². The predicted molar refractivity (Wildman–Crippen MR) is 182 cm³/mol. The molecule has 14 heteroatoms. The molecule has 1 fully saturated rings. The largest absolute Gasteiger partial charge is 0.444 e. The number of ether oxygens (including phenoxy) is 1. The third-order valence-electron chi connectivity index (χ3n) is 7.83. The van der Waals surface area contributed by atoms with Crippen molar-refractivity contribution < 1.29 is 13.9 Å². The van der Waals surface area contributed by atoms with Gasteiger partial charge in [-0.3, -0.25) is 19.2 Å². The van der Waals surface area contributed by atoms with Gasteiger partial charge < -0.3 is 15.8 Å². The fourth-order valence-corrected chi connectivity index (χ4v) is 6.48. The molecule has 1 aromatic carbocycles. The van der Waals surface area contributed by atoms with Crippen molar-refractivity contribution in [3.05, 3.63) is 78.0 Å². The number of hydrogen-bond donors (Lipinski definition) is 2. The van der Waals surface area contributed by atoms with Crippen LogP contribution >= 0.6 is 34.8 Å². The van der Waals surface area contributed by atoms with Gasteiger partial charge in [0.2, 0.25) is 0 Å². The summed E-state index contributed by atoms with van der Waals surface area (Å²) in [7, 11) is 0. The Morgan fingerprint density at radius 2 is 1.91 bits per heavy atom. The van der Waals surface area contributed by atoms with Crippen LogP contribution in [-0.4, -0.2) is 50.8 Å². The molecule has 10 nitrogen and oxygen atoms in total. The number of nitrogen functional groups attached to an aromatic ring is 1. The van der Waals surface area contributed by atoms with Crippen LogP contribution in [0.4, 0.5) is 14.9 Å². The smallest absolute Gasteiger partial charge is 0.410 e. The summed E-state index contributed by atoms with van der Waals surface area (Å²) < 4.78 is 22.7. The number of rotatable bonds is 4. The molecular formula is C33H33Cl3FN7O3. The summed E-state index contributed by atoms with van der Waals surface area (Å²) in [5, 5.41) is 13.7. The Hall–Kier alpha value is -3.95. The molecule has 3 aromatic heterocycles. The van der Waals surface area contributed by atoms with Gasteiger partial charge in [0.15, 0.2) is 5.82 Å². The van der Waals surface area contributed by atoms with Crippen molar-refractivity contribution in [3.63, 3.8) is 0 Å². The van der Waals surface area contributed by atoms with Crippen LogP contribution in [0.25, 0.3) is 28.0 Å². The minimum absolute atomic E-state index is 0.0197. The maximum Gasteiger partial charge on any atom is 0.410 e. The number of carbonyl (C=O) groups is 1. The summed E-state index contributed by atoms with van der Waals surface area (Å²) in [4.78, 5) is 39.0. The number of nitrogens with two attached hydrogens (primary N) is 1. The standard InChI is InChI=1S/C33H33Cl3FN7O3/c1-15(2)27-29(16(3)7-8-41-27)44-30-17(11-21(36)28(42-30)24-25(37)19(34)12-20(35)26(24)39)23(18(13-38)31(44)45)22-14-40-9-10-43(22)32(46)47-33(4,5)6/h7-8,11-12,15,22,40H,9-10,14,39H2,1-6H3. The summed E-state index contributed by atoms with van der Waals surface area (Å²) in [5.74, 6) is -1.05. The lowest BCUT2D eigenvalue weighted by Crippen LogP contribution is -2.50. The third kappa shape index (κ3) is 6.23. The highest BCUT2D eigenvalue weighted by Crippen LogP contribution is 2.43. The molecular weight excluding hydrogens is 668 g/mol. The van der Waals surface area contributed by atoms with Gasteiger partial charge in [0, 0.05) is 36.8 Å². The van der Waals surface area contributed by atoms with Gasteiger partial charge in [-0.1, -0.05) is 48.7 Å². The number of benzene rings is 1. The number of piperazine rings is 1. The highest BCUT2D eigenvalue weighted by molar-refractivity contribution is 6.38. The molecule has 1 aliphatic rings. The zero-order valence-electron chi connectivity index (χ0n) is 26.6. The summed E-state index contributed by atoms with van der Waals surface area (Å²) in [5.41, 5.74) is 5.88. The molecule has 0 spiro atoms.